The molecule has 0 atom stereocenters. The van der Waals surface area contributed by atoms with Gasteiger partial charge >= 0.3 is 0 Å². The molecule has 1 amide bonds. The van der Waals surface area contributed by atoms with Crippen LogP contribution < -0.4 is 5.32 Å². The van der Waals surface area contributed by atoms with E-state index in [2.05, 4.69) is 26.8 Å². The quantitative estimate of drug-likeness (QED) is 0.671. The van der Waals surface area contributed by atoms with Crippen LogP contribution in [0.15, 0.2) is 30.5 Å². The van der Waals surface area contributed by atoms with Gasteiger partial charge in [0.1, 0.15) is 18.2 Å². The van der Waals surface area contributed by atoms with Gasteiger partial charge in [0.25, 0.3) is 0 Å². The van der Waals surface area contributed by atoms with Gasteiger partial charge in [-0.05, 0) is 68.8 Å². The lowest BCUT2D eigenvalue weighted by Gasteiger charge is -2.31. The first-order chi connectivity index (χ1) is 15.1. The summed E-state index contributed by atoms with van der Waals surface area (Å²) in [4.78, 5) is 15.5. The van der Waals surface area contributed by atoms with Crippen molar-refractivity contribution in [2.45, 2.75) is 58.0 Å². The molecular weight excluding hydrogens is 393 g/mol. The van der Waals surface area contributed by atoms with E-state index in [1.165, 1.54) is 17.3 Å². The molecule has 1 aromatic carbocycles. The van der Waals surface area contributed by atoms with Crippen molar-refractivity contribution in [3.8, 4) is 0 Å². The van der Waals surface area contributed by atoms with Crippen molar-refractivity contribution in [2.75, 3.05) is 25.0 Å². The molecule has 0 saturated carbocycles. The molecule has 6 nitrogen and oxygen atoms in total. The number of piperidine rings is 1. The smallest absolute Gasteiger partial charge is 0.245 e. The van der Waals surface area contributed by atoms with Crippen LogP contribution in [0.5, 0.6) is 0 Å². The van der Waals surface area contributed by atoms with E-state index in [-0.39, 0.29) is 18.3 Å². The Morgan fingerprint density at radius 2 is 2.00 bits per heavy atom. The van der Waals surface area contributed by atoms with Gasteiger partial charge in [0.15, 0.2) is 0 Å². The Labute approximate surface area is 182 Å². The normalized spacial score (nSPS) is 17.7. The first kappa shape index (κ1) is 20.2. The van der Waals surface area contributed by atoms with Crippen molar-refractivity contribution in [2.24, 2.45) is 0 Å². The Morgan fingerprint density at radius 3 is 2.81 bits per heavy atom. The van der Waals surface area contributed by atoms with Crippen molar-refractivity contribution in [3.63, 3.8) is 0 Å². The fourth-order valence-electron chi connectivity index (χ4n) is 5.30. The molecule has 1 aliphatic carbocycles. The number of aryl methyl sites for hydroxylation is 1. The average molecular weight is 424 g/mol. The second-order valence-electron chi connectivity index (χ2n) is 8.75. The summed E-state index contributed by atoms with van der Waals surface area (Å²) in [6.45, 7) is 5.63. The number of nitrogens with zero attached hydrogens (tertiary/aromatic N) is 4. The fraction of sp³-hybridized carbons (Fsp3) is 0.500. The van der Waals surface area contributed by atoms with Gasteiger partial charge < -0.3 is 14.8 Å². The summed E-state index contributed by atoms with van der Waals surface area (Å²) in [5, 5.41) is 8.55. The number of nitrogens with one attached hydrogen (secondary N) is 1. The predicted octanol–water partition coefficient (Wildman–Crippen LogP) is 4.15. The van der Waals surface area contributed by atoms with Gasteiger partial charge in [-0.1, -0.05) is 6.92 Å². The Morgan fingerprint density at radius 1 is 1.19 bits per heavy atom. The van der Waals surface area contributed by atoms with Crippen molar-refractivity contribution >= 4 is 22.6 Å². The summed E-state index contributed by atoms with van der Waals surface area (Å²) in [5.74, 6) is 0.471. The average Bonchev–Trinajstić information content (AvgIpc) is 3.37. The Hall–Kier alpha value is -2.67. The molecule has 2 aromatic heterocycles. The molecule has 0 bridgehead atoms. The molecule has 164 valence electrons. The van der Waals surface area contributed by atoms with Crippen LogP contribution in [0.3, 0.4) is 0 Å². The number of hydrogen-bond acceptors (Lipinski definition) is 3. The van der Waals surface area contributed by atoms with Crippen LogP contribution in [0.25, 0.3) is 10.9 Å². The number of fused-ring (bicyclic) bond motifs is 3. The molecule has 0 unspecified atom stereocenters. The number of anilines is 1. The third-order valence-corrected chi connectivity index (χ3v) is 6.93. The number of carbonyl (C=O) groups excluding carboxylic acids is 1. The molecule has 3 aromatic rings. The lowest BCUT2D eigenvalue weighted by molar-refractivity contribution is -0.116. The summed E-state index contributed by atoms with van der Waals surface area (Å²) in [6.07, 6.45) is 7.96. The zero-order valence-electron chi connectivity index (χ0n) is 18.1. The number of hydrogen-bond donors (Lipinski definition) is 1. The zero-order valence-corrected chi connectivity index (χ0v) is 18.1. The van der Waals surface area contributed by atoms with Gasteiger partial charge in [-0.3, -0.25) is 4.79 Å². The first-order valence-corrected chi connectivity index (χ1v) is 11.5. The standard InChI is InChI=1S/C24H30FN5O/c1-2-28-13-10-18(11-14-28)30-23(9-12-26-30)27-24(31)16-29-21-6-4-3-5-19(21)20-15-17(25)7-8-22(20)29/h7-9,12,15,18H,2-6,10-11,13-14,16H2,1H3,(H,27,31). The lowest BCUT2D eigenvalue weighted by Crippen LogP contribution is -2.35. The van der Waals surface area contributed by atoms with Crippen LogP contribution in [0.2, 0.25) is 0 Å². The third-order valence-electron chi connectivity index (χ3n) is 6.93. The van der Waals surface area contributed by atoms with Crippen molar-refractivity contribution in [3.05, 3.63) is 47.5 Å². The number of carbonyl (C=O) groups is 1. The molecule has 2 aliphatic rings. The second-order valence-corrected chi connectivity index (χ2v) is 8.75. The van der Waals surface area contributed by atoms with Crippen molar-refractivity contribution in [1.82, 2.24) is 19.2 Å². The number of halogens is 1. The molecule has 3 heterocycles. The molecule has 0 radical (unpaired) electrons. The molecule has 0 spiro atoms. The highest BCUT2D eigenvalue weighted by Crippen LogP contribution is 2.33. The minimum absolute atomic E-state index is 0.0673. The van der Waals surface area contributed by atoms with E-state index in [4.69, 9.17) is 0 Å². The van der Waals surface area contributed by atoms with Crippen LogP contribution in [0.1, 0.15) is 49.9 Å². The van der Waals surface area contributed by atoms with E-state index in [1.807, 2.05) is 16.8 Å². The highest BCUT2D eigenvalue weighted by molar-refractivity contribution is 5.92. The molecule has 5 rings (SSSR count). The summed E-state index contributed by atoms with van der Waals surface area (Å²) >= 11 is 0. The van der Waals surface area contributed by atoms with Crippen molar-refractivity contribution in [1.29, 1.82) is 0 Å². The van der Waals surface area contributed by atoms with Gasteiger partial charge in [0.05, 0.1) is 12.2 Å². The highest BCUT2D eigenvalue weighted by Gasteiger charge is 2.24. The van der Waals surface area contributed by atoms with E-state index < -0.39 is 0 Å². The van der Waals surface area contributed by atoms with Crippen LogP contribution in [0.4, 0.5) is 10.2 Å². The number of rotatable bonds is 5. The number of likely N-dealkylation sites (tertiary alicyclic amines) is 1. The summed E-state index contributed by atoms with van der Waals surface area (Å²) in [6, 6.07) is 7.10. The maximum atomic E-state index is 13.9. The van der Waals surface area contributed by atoms with E-state index in [9.17, 15) is 9.18 Å². The van der Waals surface area contributed by atoms with Crippen LogP contribution in [0, 0.1) is 5.82 Å². The van der Waals surface area contributed by atoms with E-state index in [0.29, 0.717) is 6.04 Å². The maximum absolute atomic E-state index is 13.9. The number of aromatic nitrogens is 3. The van der Waals surface area contributed by atoms with Crippen LogP contribution in [-0.4, -0.2) is 44.8 Å². The van der Waals surface area contributed by atoms with Crippen LogP contribution in [-0.2, 0) is 24.2 Å². The molecule has 7 heteroatoms. The second kappa shape index (κ2) is 8.46. The SMILES string of the molecule is CCN1CCC(n2nccc2NC(=O)Cn2c3c(c4cc(F)ccc42)CCCC3)CC1. The van der Waals surface area contributed by atoms with Gasteiger partial charge in [0, 0.05) is 35.8 Å². The Bertz CT molecular complexity index is 1090. The maximum Gasteiger partial charge on any atom is 0.245 e. The minimum atomic E-state index is -0.222. The summed E-state index contributed by atoms with van der Waals surface area (Å²) < 4.78 is 18.0. The van der Waals surface area contributed by atoms with E-state index in [1.54, 1.807) is 12.3 Å². The minimum Gasteiger partial charge on any atom is -0.335 e. The van der Waals surface area contributed by atoms with E-state index >= 15 is 0 Å². The van der Waals surface area contributed by atoms with Gasteiger partial charge in [0.2, 0.25) is 5.91 Å². The van der Waals surface area contributed by atoms with Gasteiger partial charge in [-0.2, -0.15) is 5.10 Å². The third kappa shape index (κ3) is 3.87. The van der Waals surface area contributed by atoms with Gasteiger partial charge in [-0.15, -0.1) is 0 Å². The number of benzene rings is 1. The molecule has 1 N–H and O–H groups in total. The summed E-state index contributed by atoms with van der Waals surface area (Å²) in [7, 11) is 0. The van der Waals surface area contributed by atoms with Gasteiger partial charge in [-0.25, -0.2) is 9.07 Å². The van der Waals surface area contributed by atoms with Crippen molar-refractivity contribution < 1.29 is 9.18 Å². The molecule has 1 fully saturated rings. The monoisotopic (exact) mass is 423 g/mol. The molecular formula is C24H30FN5O. The summed E-state index contributed by atoms with van der Waals surface area (Å²) in [5.41, 5.74) is 3.34. The molecule has 1 saturated heterocycles. The fourth-order valence-corrected chi connectivity index (χ4v) is 5.30. The number of amides is 1. The Kier molecular flexibility index (Phi) is 5.52. The largest absolute Gasteiger partial charge is 0.335 e. The topological polar surface area (TPSA) is 55.1 Å². The zero-order chi connectivity index (χ0) is 21.4. The Balaban J connectivity index is 1.36. The molecule has 31 heavy (non-hydrogen) atoms. The molecule has 1 aliphatic heterocycles. The van der Waals surface area contributed by atoms with Crippen LogP contribution >= 0.6 is 0 Å². The van der Waals surface area contributed by atoms with E-state index in [0.717, 1.165) is 74.9 Å². The predicted molar refractivity (Wildman–Crippen MR) is 120 cm³/mol. The highest BCUT2D eigenvalue weighted by atomic mass is 19.1. The lowest BCUT2D eigenvalue weighted by atomic mass is 9.95. The first-order valence-electron chi connectivity index (χ1n) is 11.5.